The van der Waals surface area contributed by atoms with Crippen molar-refractivity contribution >= 4 is 28.3 Å². The standard InChI is InChI=1S/C10H9BrN2.ClH/c11-10-6-12-13(8-10)7-9-4-2-1-3-5-9;/h1-6,8H,7H2;1H. The summed E-state index contributed by atoms with van der Waals surface area (Å²) in [6.45, 7) is 0.826. The Bertz CT molecular complexity index is 386. The number of rotatable bonds is 2. The highest BCUT2D eigenvalue weighted by Gasteiger charge is 1.95. The second-order valence-electron chi connectivity index (χ2n) is 2.84. The number of nitrogens with zero attached hydrogens (tertiary/aromatic N) is 2. The molecular weight excluding hydrogens is 263 g/mol. The van der Waals surface area contributed by atoms with Crippen molar-refractivity contribution in [2.24, 2.45) is 0 Å². The summed E-state index contributed by atoms with van der Waals surface area (Å²) >= 11 is 3.36. The third kappa shape index (κ3) is 2.86. The Morgan fingerprint density at radius 3 is 2.50 bits per heavy atom. The molecule has 0 aliphatic heterocycles. The summed E-state index contributed by atoms with van der Waals surface area (Å²) in [6, 6.07) is 10.3. The first kappa shape index (κ1) is 11.3. The molecule has 2 nitrogen and oxygen atoms in total. The van der Waals surface area contributed by atoms with Crippen LogP contribution in [0.5, 0.6) is 0 Å². The lowest BCUT2D eigenvalue weighted by Gasteiger charge is -1.99. The molecule has 2 aromatic rings. The van der Waals surface area contributed by atoms with Gasteiger partial charge in [0.25, 0.3) is 0 Å². The van der Waals surface area contributed by atoms with Crippen molar-refractivity contribution < 1.29 is 0 Å². The molecule has 0 unspecified atom stereocenters. The summed E-state index contributed by atoms with van der Waals surface area (Å²) < 4.78 is 2.92. The third-order valence-electron chi connectivity index (χ3n) is 1.79. The molecule has 0 fully saturated rings. The van der Waals surface area contributed by atoms with Crippen molar-refractivity contribution in [2.45, 2.75) is 6.54 Å². The number of hydrogen-bond donors (Lipinski definition) is 0. The molecule has 0 spiro atoms. The van der Waals surface area contributed by atoms with E-state index in [1.807, 2.05) is 29.1 Å². The minimum atomic E-state index is 0. The molecule has 4 heteroatoms. The van der Waals surface area contributed by atoms with E-state index in [2.05, 4.69) is 33.2 Å². The second-order valence-corrected chi connectivity index (χ2v) is 3.76. The molecule has 1 heterocycles. The van der Waals surface area contributed by atoms with Crippen LogP contribution in [-0.2, 0) is 6.54 Å². The van der Waals surface area contributed by atoms with E-state index in [-0.39, 0.29) is 12.4 Å². The maximum Gasteiger partial charge on any atom is 0.0659 e. The lowest BCUT2D eigenvalue weighted by molar-refractivity contribution is 0.686. The smallest absolute Gasteiger partial charge is 0.0659 e. The van der Waals surface area contributed by atoms with Crippen LogP contribution < -0.4 is 0 Å². The highest BCUT2D eigenvalue weighted by atomic mass is 79.9. The number of benzene rings is 1. The summed E-state index contributed by atoms with van der Waals surface area (Å²) in [5.41, 5.74) is 1.26. The lowest BCUT2D eigenvalue weighted by atomic mass is 10.2. The maximum absolute atomic E-state index is 4.18. The summed E-state index contributed by atoms with van der Waals surface area (Å²) in [7, 11) is 0. The van der Waals surface area contributed by atoms with Crippen LogP contribution in [0.4, 0.5) is 0 Å². The fourth-order valence-electron chi connectivity index (χ4n) is 1.20. The van der Waals surface area contributed by atoms with Crippen LogP contribution in [0.3, 0.4) is 0 Å². The Hall–Kier alpha value is -0.800. The molecule has 0 bridgehead atoms. The van der Waals surface area contributed by atoms with E-state index in [0.29, 0.717) is 0 Å². The molecular formula is C10H10BrClN2. The molecule has 0 N–H and O–H groups in total. The minimum Gasteiger partial charge on any atom is -0.267 e. The largest absolute Gasteiger partial charge is 0.267 e. The molecule has 0 aliphatic carbocycles. The zero-order valence-corrected chi connectivity index (χ0v) is 9.83. The van der Waals surface area contributed by atoms with Gasteiger partial charge in [-0.05, 0) is 21.5 Å². The van der Waals surface area contributed by atoms with Gasteiger partial charge in [-0.25, -0.2) is 0 Å². The Labute approximate surface area is 97.5 Å². The molecule has 74 valence electrons. The number of aromatic nitrogens is 2. The van der Waals surface area contributed by atoms with Gasteiger partial charge in [-0.1, -0.05) is 30.3 Å². The van der Waals surface area contributed by atoms with Crippen molar-refractivity contribution in [3.63, 3.8) is 0 Å². The molecule has 0 radical (unpaired) electrons. The monoisotopic (exact) mass is 272 g/mol. The predicted octanol–water partition coefficient (Wildman–Crippen LogP) is 3.12. The molecule has 0 saturated heterocycles. The molecule has 0 atom stereocenters. The van der Waals surface area contributed by atoms with Gasteiger partial charge in [0, 0.05) is 6.20 Å². The molecule has 2 rings (SSSR count). The maximum atomic E-state index is 4.18. The molecule has 1 aromatic heterocycles. The first-order valence-corrected chi connectivity index (χ1v) is 4.86. The van der Waals surface area contributed by atoms with Crippen molar-refractivity contribution in [1.29, 1.82) is 0 Å². The van der Waals surface area contributed by atoms with E-state index in [4.69, 9.17) is 0 Å². The SMILES string of the molecule is Brc1cnn(Cc2ccccc2)c1.Cl. The first-order valence-electron chi connectivity index (χ1n) is 4.06. The van der Waals surface area contributed by atoms with Crippen LogP contribution in [0, 0.1) is 0 Å². The topological polar surface area (TPSA) is 17.8 Å². The number of halogens is 2. The molecule has 0 saturated carbocycles. The van der Waals surface area contributed by atoms with E-state index in [9.17, 15) is 0 Å². The predicted molar refractivity (Wildman–Crippen MR) is 62.7 cm³/mol. The van der Waals surface area contributed by atoms with Gasteiger partial charge in [-0.2, -0.15) is 5.10 Å². The van der Waals surface area contributed by atoms with E-state index in [1.54, 1.807) is 6.20 Å². The van der Waals surface area contributed by atoms with Crippen LogP contribution in [-0.4, -0.2) is 9.78 Å². The first-order chi connectivity index (χ1) is 6.34. The van der Waals surface area contributed by atoms with Crippen LogP contribution >= 0.6 is 28.3 Å². The minimum absolute atomic E-state index is 0. The van der Waals surface area contributed by atoms with Crippen molar-refractivity contribution in [1.82, 2.24) is 9.78 Å². The average Bonchev–Trinajstić information content (AvgIpc) is 2.53. The van der Waals surface area contributed by atoms with Gasteiger partial charge in [-0.3, -0.25) is 4.68 Å². The average molecular weight is 274 g/mol. The molecule has 1 aromatic carbocycles. The van der Waals surface area contributed by atoms with Crippen molar-refractivity contribution in [2.75, 3.05) is 0 Å². The lowest BCUT2D eigenvalue weighted by Crippen LogP contribution is -1.98. The second kappa shape index (κ2) is 5.17. The highest BCUT2D eigenvalue weighted by Crippen LogP contribution is 2.08. The van der Waals surface area contributed by atoms with Gasteiger partial charge in [0.2, 0.25) is 0 Å². The van der Waals surface area contributed by atoms with E-state index < -0.39 is 0 Å². The van der Waals surface area contributed by atoms with Gasteiger partial charge >= 0.3 is 0 Å². The Morgan fingerprint density at radius 2 is 1.93 bits per heavy atom. The summed E-state index contributed by atoms with van der Waals surface area (Å²) in [5, 5.41) is 4.18. The van der Waals surface area contributed by atoms with Crippen LogP contribution in [0.25, 0.3) is 0 Å². The normalized spacial score (nSPS) is 9.50. The molecule has 14 heavy (non-hydrogen) atoms. The van der Waals surface area contributed by atoms with Crippen LogP contribution in [0.1, 0.15) is 5.56 Å². The quantitative estimate of drug-likeness (QED) is 0.822. The number of hydrogen-bond acceptors (Lipinski definition) is 1. The van der Waals surface area contributed by atoms with Crippen molar-refractivity contribution in [3.05, 3.63) is 52.8 Å². The van der Waals surface area contributed by atoms with Crippen molar-refractivity contribution in [3.8, 4) is 0 Å². The van der Waals surface area contributed by atoms with Gasteiger partial charge in [0.1, 0.15) is 0 Å². The molecule has 0 amide bonds. The zero-order chi connectivity index (χ0) is 9.10. The fourth-order valence-corrected chi connectivity index (χ4v) is 1.52. The van der Waals surface area contributed by atoms with Crippen LogP contribution in [0.2, 0.25) is 0 Å². The van der Waals surface area contributed by atoms with Gasteiger partial charge < -0.3 is 0 Å². The highest BCUT2D eigenvalue weighted by molar-refractivity contribution is 9.10. The fraction of sp³-hybridized carbons (Fsp3) is 0.100. The van der Waals surface area contributed by atoms with E-state index in [0.717, 1.165) is 11.0 Å². The Balaban J connectivity index is 0.000000980. The van der Waals surface area contributed by atoms with Crippen LogP contribution in [0.15, 0.2) is 47.2 Å². The Morgan fingerprint density at radius 1 is 1.21 bits per heavy atom. The van der Waals surface area contributed by atoms with Gasteiger partial charge in [-0.15, -0.1) is 12.4 Å². The van der Waals surface area contributed by atoms with Gasteiger partial charge in [0.05, 0.1) is 17.2 Å². The van der Waals surface area contributed by atoms with E-state index >= 15 is 0 Å². The summed E-state index contributed by atoms with van der Waals surface area (Å²) in [5.74, 6) is 0. The Kier molecular flexibility index (Phi) is 4.17. The van der Waals surface area contributed by atoms with E-state index in [1.165, 1.54) is 5.56 Å². The zero-order valence-electron chi connectivity index (χ0n) is 7.43. The summed E-state index contributed by atoms with van der Waals surface area (Å²) in [4.78, 5) is 0. The third-order valence-corrected chi connectivity index (χ3v) is 2.20. The molecule has 0 aliphatic rings. The summed E-state index contributed by atoms with van der Waals surface area (Å²) in [6.07, 6.45) is 3.76. The van der Waals surface area contributed by atoms with Gasteiger partial charge in [0.15, 0.2) is 0 Å².